The lowest BCUT2D eigenvalue weighted by Gasteiger charge is -2.47. The van der Waals surface area contributed by atoms with E-state index in [4.69, 9.17) is 21.0 Å². The van der Waals surface area contributed by atoms with Crippen molar-refractivity contribution in [1.82, 2.24) is 14.9 Å². The number of aromatic nitrogens is 2. The highest BCUT2D eigenvalue weighted by atomic mass is 35.5. The number of pyridine rings is 2. The Kier molecular flexibility index (Phi) is 7.06. The molecule has 1 aromatic carbocycles. The monoisotopic (exact) mass is 578 g/mol. The Morgan fingerprint density at radius 2 is 1.85 bits per heavy atom. The number of halogens is 2. The molecule has 8 nitrogen and oxygen atoms in total. The number of aromatic carboxylic acids is 1. The Balaban J connectivity index is 1.50. The topological polar surface area (TPSA) is 99.8 Å². The molecule has 0 atom stereocenters. The maximum absolute atomic E-state index is 14.3. The molecule has 214 valence electrons. The minimum absolute atomic E-state index is 0.0298. The van der Waals surface area contributed by atoms with E-state index in [1.807, 2.05) is 45.6 Å². The third-order valence-electron chi connectivity index (χ3n) is 7.51. The summed E-state index contributed by atoms with van der Waals surface area (Å²) in [5.74, 6) is -1.32. The second kappa shape index (κ2) is 10.1. The predicted molar refractivity (Wildman–Crippen MR) is 156 cm³/mol. The number of carbonyl (C=O) groups excluding carboxylic acids is 1. The van der Waals surface area contributed by atoms with E-state index in [2.05, 4.69) is 4.98 Å². The highest BCUT2D eigenvalue weighted by Crippen LogP contribution is 2.36. The largest absolute Gasteiger partial charge is 0.478 e. The molecule has 1 aliphatic heterocycles. The fourth-order valence-corrected chi connectivity index (χ4v) is 5.50. The number of aryl methyl sites for hydroxylation is 1. The number of amides is 1. The molecule has 4 heterocycles. The van der Waals surface area contributed by atoms with Crippen molar-refractivity contribution in [1.29, 1.82) is 0 Å². The summed E-state index contributed by atoms with van der Waals surface area (Å²) in [6, 6.07) is 9.71. The van der Waals surface area contributed by atoms with Crippen molar-refractivity contribution in [3.63, 3.8) is 0 Å². The normalized spacial score (nSPS) is 15.4. The Hall–Kier alpha value is -3.98. The van der Waals surface area contributed by atoms with Crippen molar-refractivity contribution < 1.29 is 23.5 Å². The molecule has 0 unspecified atom stereocenters. The van der Waals surface area contributed by atoms with Crippen LogP contribution in [0.4, 0.5) is 10.2 Å². The molecule has 10 heteroatoms. The highest BCUT2D eigenvalue weighted by Gasteiger charge is 2.40. The number of hydrogen-bond donors (Lipinski definition) is 1. The van der Waals surface area contributed by atoms with Crippen LogP contribution in [0.15, 0.2) is 47.0 Å². The number of hydrogen-bond acceptors (Lipinski definition) is 6. The number of piperazine rings is 1. The summed E-state index contributed by atoms with van der Waals surface area (Å²) < 4.78 is 20.4. The van der Waals surface area contributed by atoms with Crippen molar-refractivity contribution in [2.75, 3.05) is 24.5 Å². The van der Waals surface area contributed by atoms with E-state index >= 15 is 0 Å². The first-order chi connectivity index (χ1) is 19.2. The van der Waals surface area contributed by atoms with Crippen LogP contribution in [0, 0.1) is 12.7 Å². The van der Waals surface area contributed by atoms with Gasteiger partial charge in [-0.3, -0.25) is 4.79 Å². The molecule has 0 saturated carbocycles. The predicted octanol–water partition coefficient (Wildman–Crippen LogP) is 6.73. The molecular weight excluding hydrogens is 547 g/mol. The first-order valence-electron chi connectivity index (χ1n) is 13.3. The van der Waals surface area contributed by atoms with Crippen molar-refractivity contribution >= 4 is 40.4 Å². The van der Waals surface area contributed by atoms with E-state index < -0.39 is 17.3 Å². The summed E-state index contributed by atoms with van der Waals surface area (Å²) in [5.41, 5.74) is 2.73. The van der Waals surface area contributed by atoms with Crippen LogP contribution in [0.3, 0.4) is 0 Å². The Bertz CT molecular complexity index is 1690. The number of rotatable bonds is 4. The third-order valence-corrected chi connectivity index (χ3v) is 7.82. The van der Waals surface area contributed by atoms with Gasteiger partial charge in [0.2, 0.25) is 0 Å². The molecule has 0 bridgehead atoms. The second-order valence-corrected chi connectivity index (χ2v) is 12.5. The Morgan fingerprint density at radius 1 is 1.12 bits per heavy atom. The molecule has 0 spiro atoms. The first-order valence-corrected chi connectivity index (χ1v) is 13.7. The first kappa shape index (κ1) is 28.5. The van der Waals surface area contributed by atoms with Gasteiger partial charge in [-0.05, 0) is 56.0 Å². The van der Waals surface area contributed by atoms with Gasteiger partial charge >= 0.3 is 5.97 Å². The number of carboxylic acid groups (broad SMARTS) is 1. The Labute approximate surface area is 242 Å². The lowest BCUT2D eigenvalue weighted by atomic mass is 9.86. The van der Waals surface area contributed by atoms with Crippen molar-refractivity contribution in [2.24, 2.45) is 0 Å². The number of carboxylic acids is 1. The molecule has 0 radical (unpaired) electrons. The number of nitrogens with zero attached hydrogens (tertiary/aromatic N) is 4. The molecule has 1 N–H and O–H groups in total. The smallest absolute Gasteiger partial charge is 0.339 e. The number of carbonyl (C=O) groups is 2. The zero-order valence-corrected chi connectivity index (χ0v) is 24.6. The average molecular weight is 579 g/mol. The maximum Gasteiger partial charge on any atom is 0.339 e. The van der Waals surface area contributed by atoms with E-state index in [1.165, 1.54) is 12.1 Å². The van der Waals surface area contributed by atoms with Crippen LogP contribution in [0.25, 0.3) is 22.4 Å². The summed E-state index contributed by atoms with van der Waals surface area (Å²) >= 11 is 5.89. The van der Waals surface area contributed by atoms with Crippen LogP contribution in [-0.4, -0.2) is 57.0 Å². The SMILES string of the molecule is Cc1ccnc(N2CCN(C(=O)c3cc4nc(-c5ccc(Cl)c(F)c5)cc(C(C)(C)C)c4o3)C(C)(C)C2)c1C(=O)O. The number of fused-ring (bicyclic) bond motifs is 1. The van der Waals surface area contributed by atoms with E-state index in [-0.39, 0.29) is 27.7 Å². The second-order valence-electron chi connectivity index (χ2n) is 12.1. The Morgan fingerprint density at radius 3 is 2.49 bits per heavy atom. The molecule has 5 rings (SSSR count). The number of furan rings is 1. The molecule has 1 amide bonds. The van der Waals surface area contributed by atoms with Crippen LogP contribution in [0.5, 0.6) is 0 Å². The lowest BCUT2D eigenvalue weighted by Crippen LogP contribution is -2.61. The van der Waals surface area contributed by atoms with Gasteiger partial charge in [0.1, 0.15) is 22.7 Å². The lowest BCUT2D eigenvalue weighted by molar-refractivity contribution is 0.0481. The van der Waals surface area contributed by atoms with Crippen molar-refractivity contribution in [2.45, 2.75) is 52.5 Å². The fourth-order valence-electron chi connectivity index (χ4n) is 5.38. The molecule has 4 aromatic rings. The van der Waals surface area contributed by atoms with Gasteiger partial charge in [-0.25, -0.2) is 19.2 Å². The van der Waals surface area contributed by atoms with Crippen LogP contribution >= 0.6 is 11.6 Å². The third kappa shape index (κ3) is 5.26. The number of anilines is 1. The molecule has 0 aliphatic carbocycles. The zero-order valence-electron chi connectivity index (χ0n) is 23.9. The van der Waals surface area contributed by atoms with Crippen LogP contribution in [-0.2, 0) is 5.41 Å². The van der Waals surface area contributed by atoms with Gasteiger partial charge in [0, 0.05) is 43.0 Å². The number of benzene rings is 1. The van der Waals surface area contributed by atoms with Gasteiger partial charge in [0.15, 0.2) is 11.3 Å². The maximum atomic E-state index is 14.3. The summed E-state index contributed by atoms with van der Waals surface area (Å²) in [5, 5.41) is 9.82. The molecule has 1 fully saturated rings. The summed E-state index contributed by atoms with van der Waals surface area (Å²) in [4.78, 5) is 38.6. The van der Waals surface area contributed by atoms with Gasteiger partial charge < -0.3 is 19.3 Å². The minimum atomic E-state index is -1.04. The van der Waals surface area contributed by atoms with Crippen LogP contribution in [0.1, 0.15) is 66.7 Å². The average Bonchev–Trinajstić information content (AvgIpc) is 3.32. The molecular formula is C31H32ClFN4O4. The molecule has 1 saturated heterocycles. The quantitative estimate of drug-likeness (QED) is 0.287. The van der Waals surface area contributed by atoms with E-state index in [9.17, 15) is 19.1 Å². The standard InChI is InChI=1S/C31H32ClFN4O4/c1-17-9-10-34-27(25(17)29(39)40)36-11-12-37(31(5,6)16-36)28(38)24-15-23-26(41-24)19(30(2,3)4)14-22(35-23)18-7-8-20(32)21(33)13-18/h7-10,13-15H,11-12,16H2,1-6H3,(H,39,40). The van der Waals surface area contributed by atoms with E-state index in [0.29, 0.717) is 53.4 Å². The molecule has 3 aromatic heterocycles. The van der Waals surface area contributed by atoms with E-state index in [0.717, 1.165) is 5.56 Å². The van der Waals surface area contributed by atoms with Gasteiger partial charge in [-0.2, -0.15) is 0 Å². The van der Waals surface area contributed by atoms with Crippen molar-refractivity contribution in [3.8, 4) is 11.3 Å². The van der Waals surface area contributed by atoms with Gasteiger partial charge in [-0.1, -0.05) is 38.4 Å². The molecule has 41 heavy (non-hydrogen) atoms. The van der Waals surface area contributed by atoms with E-state index in [1.54, 1.807) is 36.2 Å². The van der Waals surface area contributed by atoms with Gasteiger partial charge in [-0.15, -0.1) is 0 Å². The van der Waals surface area contributed by atoms with Crippen LogP contribution in [0.2, 0.25) is 5.02 Å². The summed E-state index contributed by atoms with van der Waals surface area (Å²) in [7, 11) is 0. The van der Waals surface area contributed by atoms with Gasteiger partial charge in [0.05, 0.1) is 16.3 Å². The fraction of sp³-hybridized carbons (Fsp3) is 0.355. The van der Waals surface area contributed by atoms with Crippen molar-refractivity contribution in [3.05, 3.63) is 75.9 Å². The molecule has 1 aliphatic rings. The summed E-state index contributed by atoms with van der Waals surface area (Å²) in [6.07, 6.45) is 1.60. The van der Waals surface area contributed by atoms with Crippen LogP contribution < -0.4 is 4.90 Å². The minimum Gasteiger partial charge on any atom is -0.478 e. The van der Waals surface area contributed by atoms with Gasteiger partial charge in [0.25, 0.3) is 5.91 Å². The zero-order chi connectivity index (χ0) is 29.9. The highest BCUT2D eigenvalue weighted by molar-refractivity contribution is 6.30. The summed E-state index contributed by atoms with van der Waals surface area (Å²) in [6.45, 7) is 12.8.